The van der Waals surface area contributed by atoms with Gasteiger partial charge in [-0.1, -0.05) is 33.8 Å². The van der Waals surface area contributed by atoms with E-state index in [1.54, 1.807) is 0 Å². The van der Waals surface area contributed by atoms with Crippen molar-refractivity contribution in [3.05, 3.63) is 58.1 Å². The highest BCUT2D eigenvalue weighted by Crippen LogP contribution is 2.68. The third kappa shape index (κ3) is 3.54. The molecule has 7 nitrogen and oxygen atoms in total. The van der Waals surface area contributed by atoms with Gasteiger partial charge < -0.3 is 11.5 Å². The molecule has 2 aromatic rings. The molecular formula is C30H42N5O2+. The van der Waals surface area contributed by atoms with Crippen molar-refractivity contribution in [1.82, 2.24) is 9.80 Å². The zero-order valence-corrected chi connectivity index (χ0v) is 23.2. The van der Waals surface area contributed by atoms with Gasteiger partial charge in [-0.3, -0.25) is 24.8 Å². The molecule has 2 bridgehead atoms. The fourth-order valence-electron chi connectivity index (χ4n) is 7.76. The lowest BCUT2D eigenvalue weighted by atomic mass is 9.59. The van der Waals surface area contributed by atoms with E-state index in [9.17, 15) is 9.59 Å². The van der Waals surface area contributed by atoms with Gasteiger partial charge in [-0.05, 0) is 56.2 Å². The molecule has 7 heteroatoms. The van der Waals surface area contributed by atoms with Gasteiger partial charge in [0.25, 0.3) is 11.8 Å². The molecule has 0 saturated heterocycles. The molecular weight excluding hydrogens is 462 g/mol. The van der Waals surface area contributed by atoms with Gasteiger partial charge >= 0.3 is 0 Å². The highest BCUT2D eigenvalue weighted by atomic mass is 16.2. The number of carbonyl (C=O) groups is 2. The van der Waals surface area contributed by atoms with E-state index in [2.05, 4.69) is 32.4 Å². The van der Waals surface area contributed by atoms with Crippen LogP contribution in [0.2, 0.25) is 0 Å². The SMILES string of the molecule is CC.CC.CC1(c2ccc(N)c(C(=N)N)c2)[C@@H]2[C@@H]3CC[C@H](C3)[C@@H]2c2cc3c(cc2[N+]1(C)C)C(=O)NC3=O. The minimum Gasteiger partial charge on any atom is -0.398 e. The van der Waals surface area contributed by atoms with Crippen molar-refractivity contribution in [3.8, 4) is 0 Å². The van der Waals surface area contributed by atoms with Crippen molar-refractivity contribution in [2.75, 3.05) is 19.8 Å². The Morgan fingerprint density at radius 3 is 2.22 bits per heavy atom. The number of hydrogen-bond donors (Lipinski definition) is 4. The summed E-state index contributed by atoms with van der Waals surface area (Å²) in [4.78, 5) is 25.0. The van der Waals surface area contributed by atoms with E-state index >= 15 is 0 Å². The average Bonchev–Trinajstić information content (AvgIpc) is 3.58. The number of amides is 2. The summed E-state index contributed by atoms with van der Waals surface area (Å²) < 4.78 is 0.544. The topological polar surface area (TPSA) is 122 Å². The van der Waals surface area contributed by atoms with Gasteiger partial charge in [0.1, 0.15) is 17.1 Å². The molecule has 5 atom stereocenters. The smallest absolute Gasteiger partial charge is 0.259 e. The number of anilines is 1. The Labute approximate surface area is 220 Å². The second kappa shape index (κ2) is 9.28. The molecule has 1 unspecified atom stereocenters. The first-order valence-electron chi connectivity index (χ1n) is 13.7. The van der Waals surface area contributed by atoms with Gasteiger partial charge in [0.05, 0.1) is 25.2 Å². The van der Waals surface area contributed by atoms with Crippen LogP contribution < -0.4 is 21.3 Å². The summed E-state index contributed by atoms with van der Waals surface area (Å²) in [5.74, 6) is 1.25. The van der Waals surface area contributed by atoms with Crippen molar-refractivity contribution >= 4 is 29.0 Å². The first-order chi connectivity index (χ1) is 17.6. The Morgan fingerprint density at radius 2 is 1.59 bits per heavy atom. The molecule has 6 rings (SSSR count). The Morgan fingerprint density at radius 1 is 1.00 bits per heavy atom. The van der Waals surface area contributed by atoms with Crippen LogP contribution in [0, 0.1) is 23.2 Å². The minimum atomic E-state index is -0.319. The predicted octanol–water partition coefficient (Wildman–Crippen LogP) is 5.11. The van der Waals surface area contributed by atoms with Crippen LogP contribution in [0.25, 0.3) is 0 Å². The van der Waals surface area contributed by atoms with Crippen LogP contribution in [0.4, 0.5) is 11.4 Å². The second-order valence-electron chi connectivity index (χ2n) is 10.9. The summed E-state index contributed by atoms with van der Waals surface area (Å²) in [6.45, 7) is 10.3. The highest BCUT2D eigenvalue weighted by Gasteiger charge is 2.66. The number of fused-ring (bicyclic) bond motifs is 8. The van der Waals surface area contributed by atoms with Crippen LogP contribution in [0.15, 0.2) is 30.3 Å². The van der Waals surface area contributed by atoms with Gasteiger partial charge in [0, 0.05) is 40.3 Å². The number of benzene rings is 2. The van der Waals surface area contributed by atoms with Crippen LogP contribution in [0.5, 0.6) is 0 Å². The van der Waals surface area contributed by atoms with Gasteiger partial charge in [-0.25, -0.2) is 0 Å². The number of nitrogen functional groups attached to an aromatic ring is 2. The number of rotatable bonds is 2. The maximum absolute atomic E-state index is 12.5. The molecule has 198 valence electrons. The van der Waals surface area contributed by atoms with Crippen LogP contribution in [0.3, 0.4) is 0 Å². The Kier molecular flexibility index (Phi) is 6.74. The number of imide groups is 1. The molecule has 2 aromatic carbocycles. The quantitative estimate of drug-likeness (QED) is 0.149. The van der Waals surface area contributed by atoms with E-state index in [1.165, 1.54) is 24.8 Å². The zero-order chi connectivity index (χ0) is 27.4. The minimum absolute atomic E-state index is 0.0306. The number of nitrogens with zero attached hydrogens (tertiary/aromatic N) is 1. The molecule has 2 aliphatic carbocycles. The Balaban J connectivity index is 0.000000765. The van der Waals surface area contributed by atoms with Crippen molar-refractivity contribution in [3.63, 3.8) is 0 Å². The number of quaternary nitrogens is 1. The standard InChI is InChI=1S/C26H29N5O2.2C2H6/c1-26(14-6-7-19(27)17(9-14)23(28)29)22-13-5-4-12(8-13)21(22)18-10-15-16(25(33)30-24(15)32)11-20(18)31(26,2)3;2*1-2/h6-7,9-13,21-22H,4-5,8H2,1-3H3,(H5-,27,28,29,30,32,33);2*1-2H3/p+1/t12-,13-,21-,22-,26?;;/m1../s1. The van der Waals surface area contributed by atoms with Crippen molar-refractivity contribution in [1.29, 1.82) is 5.41 Å². The normalized spacial score (nSPS) is 29.6. The molecule has 2 aliphatic heterocycles. The van der Waals surface area contributed by atoms with E-state index in [4.69, 9.17) is 16.9 Å². The monoisotopic (exact) mass is 504 g/mol. The fourth-order valence-corrected chi connectivity index (χ4v) is 7.76. The molecule has 2 fully saturated rings. The molecule has 2 saturated carbocycles. The maximum Gasteiger partial charge on any atom is 0.259 e. The summed E-state index contributed by atoms with van der Waals surface area (Å²) in [6, 6.07) is 9.90. The van der Waals surface area contributed by atoms with Crippen molar-refractivity contribution in [2.24, 2.45) is 23.5 Å². The number of amidine groups is 1. The fraction of sp³-hybridized carbons (Fsp3) is 0.500. The van der Waals surface area contributed by atoms with Crippen LogP contribution in [-0.4, -0.2) is 31.7 Å². The van der Waals surface area contributed by atoms with Gasteiger partial charge in [-0.15, -0.1) is 0 Å². The lowest BCUT2D eigenvalue weighted by Gasteiger charge is -2.58. The molecule has 2 amide bonds. The first kappa shape index (κ1) is 26.9. The molecule has 6 N–H and O–H groups in total. The summed E-state index contributed by atoms with van der Waals surface area (Å²) in [6.07, 6.45) is 3.62. The summed E-state index contributed by atoms with van der Waals surface area (Å²) >= 11 is 0. The Hall–Kier alpha value is -3.19. The molecule has 2 heterocycles. The molecule has 0 spiro atoms. The van der Waals surface area contributed by atoms with Crippen LogP contribution in [0.1, 0.15) is 97.2 Å². The number of hydrogen-bond acceptors (Lipinski definition) is 4. The maximum atomic E-state index is 12.5. The van der Waals surface area contributed by atoms with E-state index in [0.717, 1.165) is 11.3 Å². The average molecular weight is 505 g/mol. The van der Waals surface area contributed by atoms with Gasteiger partial charge in [-0.2, -0.15) is 0 Å². The van der Waals surface area contributed by atoms with E-state index in [0.29, 0.717) is 50.5 Å². The molecule has 4 aliphatic rings. The summed E-state index contributed by atoms with van der Waals surface area (Å²) in [5.41, 5.74) is 17.2. The lowest BCUT2D eigenvalue weighted by Crippen LogP contribution is -2.65. The molecule has 0 radical (unpaired) electrons. The van der Waals surface area contributed by atoms with Crippen molar-refractivity contribution < 1.29 is 9.59 Å². The largest absolute Gasteiger partial charge is 0.398 e. The van der Waals surface area contributed by atoms with Gasteiger partial charge in [0.2, 0.25) is 0 Å². The summed E-state index contributed by atoms with van der Waals surface area (Å²) in [7, 11) is 4.40. The molecule has 0 aromatic heterocycles. The third-order valence-corrected chi connectivity index (χ3v) is 9.50. The number of nitrogens with one attached hydrogen (secondary N) is 2. The number of carbonyl (C=O) groups excluding carboxylic acids is 2. The predicted molar refractivity (Wildman–Crippen MR) is 151 cm³/mol. The zero-order valence-electron chi connectivity index (χ0n) is 23.2. The first-order valence-corrected chi connectivity index (χ1v) is 13.7. The highest BCUT2D eigenvalue weighted by molar-refractivity contribution is 6.22. The number of nitrogens with two attached hydrogens (primary N) is 2. The summed E-state index contributed by atoms with van der Waals surface area (Å²) in [5, 5.41) is 10.5. The van der Waals surface area contributed by atoms with E-state index in [1.807, 2.05) is 52.0 Å². The van der Waals surface area contributed by atoms with Crippen molar-refractivity contribution in [2.45, 2.75) is 65.3 Å². The Bertz CT molecular complexity index is 1280. The molecule has 37 heavy (non-hydrogen) atoms. The van der Waals surface area contributed by atoms with Crippen LogP contribution in [-0.2, 0) is 5.54 Å². The van der Waals surface area contributed by atoms with E-state index in [-0.39, 0.29) is 23.2 Å². The lowest BCUT2D eigenvalue weighted by molar-refractivity contribution is 0.0312. The second-order valence-corrected chi connectivity index (χ2v) is 10.9. The van der Waals surface area contributed by atoms with Gasteiger partial charge in [0.15, 0.2) is 0 Å². The van der Waals surface area contributed by atoms with Crippen LogP contribution >= 0.6 is 0 Å². The van der Waals surface area contributed by atoms with E-state index < -0.39 is 0 Å². The third-order valence-electron chi connectivity index (χ3n) is 9.50.